The average molecular weight is 479 g/mol. The number of rotatable bonds is 4. The molecule has 0 saturated carbocycles. The minimum Gasteiger partial charge on any atom is -0.322 e. The molecule has 0 radical (unpaired) electrons. The fraction of sp³-hybridized carbons (Fsp3) is 0. The maximum Gasteiger partial charge on any atom is 0.257 e. The van der Waals surface area contributed by atoms with Gasteiger partial charge in [-0.1, -0.05) is 6.07 Å². The Morgan fingerprint density at radius 1 is 0.852 bits per heavy atom. The van der Waals surface area contributed by atoms with Crippen LogP contribution in [0.4, 0.5) is 20.2 Å². The van der Waals surface area contributed by atoms with Crippen molar-refractivity contribution in [2.45, 2.75) is 0 Å². The standard InChI is InChI=1S/C19H12F2IN3O2/c20-15-8-14(9-16(21)17(15)22)25-18(26)11-3-1-5-13(7-11)24-19(27)12-4-2-6-23-10-12/h1-10H,(H,24,27)(H,25,26). The number of pyridine rings is 1. The highest BCUT2D eigenvalue weighted by Gasteiger charge is 2.13. The zero-order valence-electron chi connectivity index (χ0n) is 13.7. The van der Waals surface area contributed by atoms with E-state index >= 15 is 0 Å². The number of aromatic nitrogens is 1. The maximum absolute atomic E-state index is 13.6. The van der Waals surface area contributed by atoms with Crippen molar-refractivity contribution in [2.24, 2.45) is 0 Å². The molecule has 3 rings (SSSR count). The van der Waals surface area contributed by atoms with Gasteiger partial charge in [0.25, 0.3) is 11.8 Å². The summed E-state index contributed by atoms with van der Waals surface area (Å²) in [5, 5.41) is 5.10. The third kappa shape index (κ3) is 4.64. The third-order valence-electron chi connectivity index (χ3n) is 3.55. The third-order valence-corrected chi connectivity index (χ3v) is 4.58. The van der Waals surface area contributed by atoms with Crippen LogP contribution in [0.5, 0.6) is 0 Å². The number of carbonyl (C=O) groups is 2. The second kappa shape index (κ2) is 8.21. The summed E-state index contributed by atoms with van der Waals surface area (Å²) in [7, 11) is 0. The monoisotopic (exact) mass is 479 g/mol. The van der Waals surface area contributed by atoms with Gasteiger partial charge in [-0.3, -0.25) is 14.6 Å². The number of hydrogen-bond acceptors (Lipinski definition) is 3. The normalized spacial score (nSPS) is 10.3. The summed E-state index contributed by atoms with van der Waals surface area (Å²) >= 11 is 1.54. The van der Waals surface area contributed by atoms with E-state index in [2.05, 4.69) is 15.6 Å². The van der Waals surface area contributed by atoms with Crippen LogP contribution in [0, 0.1) is 15.2 Å². The Labute approximate surface area is 167 Å². The van der Waals surface area contributed by atoms with Crippen molar-refractivity contribution >= 4 is 45.8 Å². The van der Waals surface area contributed by atoms with E-state index < -0.39 is 17.5 Å². The fourth-order valence-electron chi connectivity index (χ4n) is 2.27. The van der Waals surface area contributed by atoms with E-state index in [4.69, 9.17) is 0 Å². The van der Waals surface area contributed by atoms with Crippen LogP contribution in [-0.2, 0) is 0 Å². The molecule has 0 saturated heterocycles. The Hall–Kier alpha value is -2.88. The lowest BCUT2D eigenvalue weighted by Crippen LogP contribution is -2.15. The van der Waals surface area contributed by atoms with Gasteiger partial charge in [0.15, 0.2) is 0 Å². The molecular weight excluding hydrogens is 467 g/mol. The van der Waals surface area contributed by atoms with E-state index in [0.29, 0.717) is 11.3 Å². The topological polar surface area (TPSA) is 71.1 Å². The highest BCUT2D eigenvalue weighted by atomic mass is 127. The summed E-state index contributed by atoms with van der Waals surface area (Å²) < 4.78 is 27.1. The number of benzene rings is 2. The molecule has 0 aliphatic rings. The number of nitrogens with zero attached hydrogens (tertiary/aromatic N) is 1. The van der Waals surface area contributed by atoms with Crippen LogP contribution in [-0.4, -0.2) is 16.8 Å². The molecule has 8 heteroatoms. The molecule has 5 nitrogen and oxygen atoms in total. The fourth-order valence-corrected chi connectivity index (χ4v) is 2.58. The Morgan fingerprint density at radius 2 is 1.48 bits per heavy atom. The summed E-state index contributed by atoms with van der Waals surface area (Å²) in [5.74, 6) is -2.46. The molecule has 0 unspecified atom stereocenters. The van der Waals surface area contributed by atoms with Crippen LogP contribution >= 0.6 is 22.6 Å². The van der Waals surface area contributed by atoms with Crippen molar-refractivity contribution in [3.05, 3.63) is 87.3 Å². The Morgan fingerprint density at radius 3 is 2.15 bits per heavy atom. The van der Waals surface area contributed by atoms with E-state index in [0.717, 1.165) is 12.1 Å². The maximum atomic E-state index is 13.6. The second-order valence-electron chi connectivity index (χ2n) is 5.48. The predicted octanol–water partition coefficient (Wildman–Crippen LogP) is 4.47. The highest BCUT2D eigenvalue weighted by molar-refractivity contribution is 14.1. The van der Waals surface area contributed by atoms with Crippen molar-refractivity contribution < 1.29 is 18.4 Å². The molecule has 0 atom stereocenters. The molecule has 2 amide bonds. The number of nitrogens with one attached hydrogen (secondary N) is 2. The van der Waals surface area contributed by atoms with Gasteiger partial charge in [-0.05, 0) is 65.1 Å². The molecule has 1 aromatic heterocycles. The first-order valence-electron chi connectivity index (χ1n) is 7.71. The lowest BCUT2D eigenvalue weighted by atomic mass is 10.1. The van der Waals surface area contributed by atoms with Gasteiger partial charge in [0.1, 0.15) is 11.6 Å². The van der Waals surface area contributed by atoms with Gasteiger partial charge < -0.3 is 10.6 Å². The number of halogens is 3. The first-order valence-corrected chi connectivity index (χ1v) is 8.79. The van der Waals surface area contributed by atoms with Crippen molar-refractivity contribution in [3.63, 3.8) is 0 Å². The zero-order valence-corrected chi connectivity index (χ0v) is 15.8. The van der Waals surface area contributed by atoms with Crippen LogP contribution < -0.4 is 10.6 Å². The van der Waals surface area contributed by atoms with Gasteiger partial charge in [0.2, 0.25) is 0 Å². The largest absolute Gasteiger partial charge is 0.322 e. The molecule has 136 valence electrons. The molecule has 0 aliphatic heterocycles. The van der Waals surface area contributed by atoms with E-state index in [1.165, 1.54) is 18.3 Å². The van der Waals surface area contributed by atoms with E-state index in [-0.39, 0.29) is 20.7 Å². The first-order chi connectivity index (χ1) is 12.9. The van der Waals surface area contributed by atoms with Crippen LogP contribution in [0.2, 0.25) is 0 Å². The number of hydrogen-bond donors (Lipinski definition) is 2. The van der Waals surface area contributed by atoms with Gasteiger partial charge in [0, 0.05) is 29.3 Å². The van der Waals surface area contributed by atoms with Gasteiger partial charge >= 0.3 is 0 Å². The SMILES string of the molecule is O=C(Nc1cccc(C(=O)Nc2cc(F)c(I)c(F)c2)c1)c1cccnc1. The molecule has 3 aromatic rings. The lowest BCUT2D eigenvalue weighted by Gasteiger charge is -2.09. The lowest BCUT2D eigenvalue weighted by molar-refractivity contribution is 0.101. The van der Waals surface area contributed by atoms with Crippen molar-refractivity contribution in [1.82, 2.24) is 4.98 Å². The zero-order chi connectivity index (χ0) is 19.4. The second-order valence-corrected chi connectivity index (χ2v) is 6.56. The molecular formula is C19H12F2IN3O2. The number of carbonyl (C=O) groups excluding carboxylic acids is 2. The van der Waals surface area contributed by atoms with Gasteiger partial charge in [-0.25, -0.2) is 8.78 Å². The van der Waals surface area contributed by atoms with Crippen molar-refractivity contribution in [1.29, 1.82) is 0 Å². The summed E-state index contributed by atoms with van der Waals surface area (Å²) in [6.45, 7) is 0. The summed E-state index contributed by atoms with van der Waals surface area (Å²) in [5.41, 5.74) is 0.993. The van der Waals surface area contributed by atoms with Crippen molar-refractivity contribution in [2.75, 3.05) is 10.6 Å². The van der Waals surface area contributed by atoms with E-state index in [1.54, 1.807) is 53.1 Å². The highest BCUT2D eigenvalue weighted by Crippen LogP contribution is 2.21. The van der Waals surface area contributed by atoms with E-state index in [9.17, 15) is 18.4 Å². The van der Waals surface area contributed by atoms with Gasteiger partial charge in [-0.2, -0.15) is 0 Å². The smallest absolute Gasteiger partial charge is 0.257 e. The van der Waals surface area contributed by atoms with E-state index in [1.807, 2.05) is 0 Å². The minimum absolute atomic E-state index is 0.000199. The minimum atomic E-state index is -0.761. The predicted molar refractivity (Wildman–Crippen MR) is 106 cm³/mol. The molecule has 0 spiro atoms. The quantitative estimate of drug-likeness (QED) is 0.429. The van der Waals surface area contributed by atoms with Crippen LogP contribution in [0.1, 0.15) is 20.7 Å². The average Bonchev–Trinajstić information content (AvgIpc) is 2.67. The molecule has 2 N–H and O–H groups in total. The molecule has 0 aliphatic carbocycles. The van der Waals surface area contributed by atoms with Crippen LogP contribution in [0.25, 0.3) is 0 Å². The van der Waals surface area contributed by atoms with Crippen LogP contribution in [0.3, 0.4) is 0 Å². The Kier molecular flexibility index (Phi) is 5.75. The molecule has 0 fully saturated rings. The molecule has 2 aromatic carbocycles. The number of amides is 2. The summed E-state index contributed by atoms with van der Waals surface area (Å²) in [6, 6.07) is 11.5. The Balaban J connectivity index is 1.75. The van der Waals surface area contributed by atoms with Gasteiger partial charge in [0.05, 0.1) is 9.13 Å². The molecule has 0 bridgehead atoms. The van der Waals surface area contributed by atoms with Crippen molar-refractivity contribution in [3.8, 4) is 0 Å². The number of anilines is 2. The Bertz CT molecular complexity index is 990. The molecule has 27 heavy (non-hydrogen) atoms. The van der Waals surface area contributed by atoms with Gasteiger partial charge in [-0.15, -0.1) is 0 Å². The first kappa shape index (κ1) is 18.9. The van der Waals surface area contributed by atoms with Crippen LogP contribution in [0.15, 0.2) is 60.9 Å². The summed E-state index contributed by atoms with van der Waals surface area (Å²) in [6.07, 6.45) is 2.98. The molecule has 1 heterocycles. The summed E-state index contributed by atoms with van der Waals surface area (Å²) in [4.78, 5) is 28.4.